The van der Waals surface area contributed by atoms with E-state index in [4.69, 9.17) is 0 Å². The number of para-hydroxylation sites is 1. The fourth-order valence-electron chi connectivity index (χ4n) is 1.78. The summed E-state index contributed by atoms with van der Waals surface area (Å²) in [5.74, 6) is 0. The molecule has 90 valence electrons. The Morgan fingerprint density at radius 3 is 2.11 bits per heavy atom. The van der Waals surface area contributed by atoms with Crippen LogP contribution in [0.5, 0.6) is 0 Å². The van der Waals surface area contributed by atoms with Crippen molar-refractivity contribution < 1.29 is 9.59 Å². The summed E-state index contributed by atoms with van der Waals surface area (Å²) in [6.45, 7) is 0. The minimum Gasteiger partial charge on any atom is -0.345 e. The molecule has 3 nitrogen and oxygen atoms in total. The van der Waals surface area contributed by atoms with Crippen molar-refractivity contribution in [1.82, 2.24) is 0 Å². The van der Waals surface area contributed by atoms with Gasteiger partial charge in [-0.15, -0.1) is 0 Å². The van der Waals surface area contributed by atoms with Gasteiger partial charge in [0.05, 0.1) is 0 Å². The summed E-state index contributed by atoms with van der Waals surface area (Å²) >= 11 is 0. The van der Waals surface area contributed by atoms with E-state index in [-0.39, 0.29) is 0 Å². The van der Waals surface area contributed by atoms with E-state index in [9.17, 15) is 9.59 Å². The second kappa shape index (κ2) is 5.27. The Morgan fingerprint density at radius 1 is 0.833 bits per heavy atom. The number of carbonyl (C=O) groups excluding carboxylic acids is 2. The van der Waals surface area contributed by atoms with Gasteiger partial charge in [0.15, 0.2) is 12.6 Å². The molecule has 2 aromatic rings. The van der Waals surface area contributed by atoms with Gasteiger partial charge in [-0.2, -0.15) is 0 Å². The van der Waals surface area contributed by atoms with Crippen LogP contribution in [-0.4, -0.2) is 19.6 Å². The second-order valence-corrected chi connectivity index (χ2v) is 3.94. The van der Waals surface area contributed by atoms with Crippen LogP contribution in [0, 0.1) is 0 Å². The standard InChI is InChI=1S/C15H13NO2/c1-16(14-5-3-2-4-6-14)15-8-7-12(10-17)13(9-15)11-18/h2-11H,1H3. The van der Waals surface area contributed by atoms with Crippen molar-refractivity contribution >= 4 is 23.9 Å². The molecule has 0 spiro atoms. The van der Waals surface area contributed by atoms with Gasteiger partial charge < -0.3 is 4.90 Å². The number of rotatable bonds is 4. The number of benzene rings is 2. The zero-order valence-corrected chi connectivity index (χ0v) is 10.0. The first-order valence-corrected chi connectivity index (χ1v) is 5.59. The Hall–Kier alpha value is -2.42. The lowest BCUT2D eigenvalue weighted by molar-refractivity contribution is 0.109. The fourth-order valence-corrected chi connectivity index (χ4v) is 1.78. The van der Waals surface area contributed by atoms with E-state index in [1.165, 1.54) is 0 Å². The van der Waals surface area contributed by atoms with Crippen molar-refractivity contribution in [1.29, 1.82) is 0 Å². The van der Waals surface area contributed by atoms with Crippen LogP contribution in [-0.2, 0) is 0 Å². The zero-order valence-electron chi connectivity index (χ0n) is 10.0. The first-order valence-electron chi connectivity index (χ1n) is 5.59. The van der Waals surface area contributed by atoms with Gasteiger partial charge in [0, 0.05) is 29.5 Å². The molecule has 0 fully saturated rings. The summed E-state index contributed by atoms with van der Waals surface area (Å²) in [5, 5.41) is 0. The average Bonchev–Trinajstić information content (AvgIpc) is 2.46. The quantitative estimate of drug-likeness (QED) is 0.769. The number of carbonyl (C=O) groups is 2. The third-order valence-corrected chi connectivity index (χ3v) is 2.86. The predicted molar refractivity (Wildman–Crippen MR) is 71.7 cm³/mol. The highest BCUT2D eigenvalue weighted by atomic mass is 16.1. The molecule has 0 N–H and O–H groups in total. The summed E-state index contributed by atoms with van der Waals surface area (Å²) in [6, 6.07) is 15.0. The molecule has 2 aromatic carbocycles. The number of anilines is 2. The van der Waals surface area contributed by atoms with Gasteiger partial charge in [0.2, 0.25) is 0 Å². The van der Waals surface area contributed by atoms with Crippen molar-refractivity contribution in [3.05, 3.63) is 59.7 Å². The minimum absolute atomic E-state index is 0.408. The van der Waals surface area contributed by atoms with Crippen LogP contribution < -0.4 is 4.90 Å². The van der Waals surface area contributed by atoms with Gasteiger partial charge in [-0.1, -0.05) is 18.2 Å². The van der Waals surface area contributed by atoms with Gasteiger partial charge in [-0.3, -0.25) is 9.59 Å². The maximum atomic E-state index is 10.9. The smallest absolute Gasteiger partial charge is 0.150 e. The third kappa shape index (κ3) is 2.30. The van der Waals surface area contributed by atoms with E-state index in [0.717, 1.165) is 11.4 Å². The first-order chi connectivity index (χ1) is 8.76. The number of nitrogens with zero attached hydrogens (tertiary/aromatic N) is 1. The summed E-state index contributed by atoms with van der Waals surface area (Å²) in [6.07, 6.45) is 1.39. The molecule has 0 aliphatic carbocycles. The van der Waals surface area contributed by atoms with Crippen molar-refractivity contribution in [3.63, 3.8) is 0 Å². The van der Waals surface area contributed by atoms with Crippen LogP contribution in [0.1, 0.15) is 20.7 Å². The molecular formula is C15H13NO2. The Bertz CT molecular complexity index is 564. The number of hydrogen-bond donors (Lipinski definition) is 0. The van der Waals surface area contributed by atoms with E-state index in [1.54, 1.807) is 12.1 Å². The lowest BCUT2D eigenvalue weighted by Crippen LogP contribution is -2.10. The first kappa shape index (κ1) is 12.0. The molecule has 0 atom stereocenters. The molecule has 0 aliphatic rings. The fraction of sp³-hybridized carbons (Fsp3) is 0.0667. The summed E-state index contributed by atoms with van der Waals surface area (Å²) in [7, 11) is 1.92. The molecule has 0 bridgehead atoms. The largest absolute Gasteiger partial charge is 0.345 e. The maximum Gasteiger partial charge on any atom is 0.150 e. The Kier molecular flexibility index (Phi) is 3.53. The van der Waals surface area contributed by atoms with E-state index in [1.807, 2.05) is 48.3 Å². The number of aldehydes is 2. The molecule has 0 aliphatic heterocycles. The number of hydrogen-bond acceptors (Lipinski definition) is 3. The third-order valence-electron chi connectivity index (χ3n) is 2.86. The topological polar surface area (TPSA) is 37.4 Å². The van der Waals surface area contributed by atoms with Crippen molar-refractivity contribution in [3.8, 4) is 0 Å². The van der Waals surface area contributed by atoms with E-state index in [2.05, 4.69) is 0 Å². The maximum absolute atomic E-state index is 10.9. The van der Waals surface area contributed by atoms with Crippen LogP contribution in [0.4, 0.5) is 11.4 Å². The van der Waals surface area contributed by atoms with E-state index < -0.39 is 0 Å². The van der Waals surface area contributed by atoms with Crippen LogP contribution in [0.25, 0.3) is 0 Å². The molecule has 0 unspecified atom stereocenters. The lowest BCUT2D eigenvalue weighted by Gasteiger charge is -2.20. The van der Waals surface area contributed by atoms with Crippen LogP contribution in [0.3, 0.4) is 0 Å². The Morgan fingerprint density at radius 2 is 1.50 bits per heavy atom. The predicted octanol–water partition coefficient (Wildman–Crippen LogP) is 3.08. The van der Waals surface area contributed by atoms with Crippen LogP contribution in [0.15, 0.2) is 48.5 Å². The van der Waals surface area contributed by atoms with Crippen LogP contribution in [0.2, 0.25) is 0 Å². The monoisotopic (exact) mass is 239 g/mol. The van der Waals surface area contributed by atoms with Crippen LogP contribution >= 0.6 is 0 Å². The van der Waals surface area contributed by atoms with E-state index >= 15 is 0 Å². The van der Waals surface area contributed by atoms with Gasteiger partial charge in [-0.25, -0.2) is 0 Å². The molecule has 0 amide bonds. The van der Waals surface area contributed by atoms with Gasteiger partial charge in [0.1, 0.15) is 0 Å². The average molecular weight is 239 g/mol. The molecule has 2 rings (SSSR count). The Labute approximate surface area is 106 Å². The van der Waals surface area contributed by atoms with E-state index in [0.29, 0.717) is 23.7 Å². The highest BCUT2D eigenvalue weighted by molar-refractivity contribution is 5.91. The van der Waals surface area contributed by atoms with Gasteiger partial charge in [-0.05, 0) is 30.3 Å². The molecule has 0 aromatic heterocycles. The lowest BCUT2D eigenvalue weighted by atomic mass is 10.1. The molecule has 0 radical (unpaired) electrons. The van der Waals surface area contributed by atoms with Gasteiger partial charge in [0.25, 0.3) is 0 Å². The summed E-state index contributed by atoms with van der Waals surface area (Å²) in [4.78, 5) is 23.6. The highest BCUT2D eigenvalue weighted by Gasteiger charge is 2.07. The summed E-state index contributed by atoms with van der Waals surface area (Å²) in [5.41, 5.74) is 2.71. The minimum atomic E-state index is 0.408. The molecular weight excluding hydrogens is 226 g/mol. The normalized spacial score (nSPS) is 9.83. The second-order valence-electron chi connectivity index (χ2n) is 3.94. The summed E-state index contributed by atoms with van der Waals surface area (Å²) < 4.78 is 0. The molecule has 0 heterocycles. The van der Waals surface area contributed by atoms with Crippen molar-refractivity contribution in [2.24, 2.45) is 0 Å². The molecule has 18 heavy (non-hydrogen) atoms. The molecule has 0 saturated carbocycles. The highest BCUT2D eigenvalue weighted by Crippen LogP contribution is 2.24. The van der Waals surface area contributed by atoms with Crippen molar-refractivity contribution in [2.75, 3.05) is 11.9 Å². The zero-order chi connectivity index (χ0) is 13.0. The van der Waals surface area contributed by atoms with Crippen molar-refractivity contribution in [2.45, 2.75) is 0 Å². The van der Waals surface area contributed by atoms with Gasteiger partial charge >= 0.3 is 0 Å². The molecule has 3 heteroatoms. The SMILES string of the molecule is CN(c1ccccc1)c1ccc(C=O)c(C=O)c1. The molecule has 0 saturated heterocycles. The Balaban J connectivity index is 2.40.